The van der Waals surface area contributed by atoms with Gasteiger partial charge in [0.15, 0.2) is 0 Å². The molecule has 3 rings (SSSR count). The zero-order valence-corrected chi connectivity index (χ0v) is 11.2. The minimum absolute atomic E-state index is 0.0215. The number of nitro benzene ring substituents is 1. The Morgan fingerprint density at radius 2 is 2.25 bits per heavy atom. The van der Waals surface area contributed by atoms with Crippen LogP contribution in [-0.4, -0.2) is 28.5 Å². The largest absolute Gasteiger partial charge is 0.378 e. The Bertz CT molecular complexity index is 665. The molecule has 1 atom stereocenters. The number of aromatic nitrogens is 1. The Morgan fingerprint density at radius 1 is 1.40 bits per heavy atom. The second kappa shape index (κ2) is 4.72. The zero-order valence-electron chi connectivity index (χ0n) is 11.2. The molecule has 6 heteroatoms. The first-order chi connectivity index (χ1) is 9.59. The minimum Gasteiger partial charge on any atom is -0.378 e. The number of rotatable bonds is 3. The van der Waals surface area contributed by atoms with Gasteiger partial charge in [-0.3, -0.25) is 15.1 Å². The highest BCUT2D eigenvalue weighted by Crippen LogP contribution is 2.33. The molecule has 1 unspecified atom stereocenters. The van der Waals surface area contributed by atoms with E-state index in [1.165, 1.54) is 6.07 Å². The Labute approximate surface area is 116 Å². The maximum absolute atomic E-state index is 11.1. The van der Waals surface area contributed by atoms with Crippen molar-refractivity contribution in [1.29, 1.82) is 0 Å². The fourth-order valence-electron chi connectivity index (χ4n) is 2.69. The molecule has 0 amide bonds. The van der Waals surface area contributed by atoms with E-state index < -0.39 is 0 Å². The fourth-order valence-corrected chi connectivity index (χ4v) is 2.69. The van der Waals surface area contributed by atoms with Crippen molar-refractivity contribution in [2.45, 2.75) is 18.9 Å². The predicted octanol–water partition coefficient (Wildman–Crippen LogP) is 2.31. The normalized spacial score (nSPS) is 22.1. The van der Waals surface area contributed by atoms with E-state index in [0.717, 1.165) is 30.6 Å². The number of nitrogens with one attached hydrogen (secondary N) is 2. The SMILES string of the molecule is CC1(Nc2ccc([N+](=O)[O-])c3cnccc23)CCNC1. The Morgan fingerprint density at radius 3 is 2.95 bits per heavy atom. The summed E-state index contributed by atoms with van der Waals surface area (Å²) in [5.41, 5.74) is 0.985. The van der Waals surface area contributed by atoms with Crippen molar-refractivity contribution in [1.82, 2.24) is 10.3 Å². The maximum atomic E-state index is 11.1. The number of pyridine rings is 1. The standard InChI is InChI=1S/C14H16N4O2/c1-14(5-7-16-9-14)17-12-2-3-13(18(19)20)11-8-15-6-4-10(11)12/h2-4,6,8,16-17H,5,7,9H2,1H3. The van der Waals surface area contributed by atoms with Crippen molar-refractivity contribution in [3.63, 3.8) is 0 Å². The van der Waals surface area contributed by atoms with Gasteiger partial charge in [0.1, 0.15) is 0 Å². The van der Waals surface area contributed by atoms with E-state index in [1.54, 1.807) is 18.5 Å². The molecule has 1 aliphatic rings. The van der Waals surface area contributed by atoms with Crippen molar-refractivity contribution in [3.05, 3.63) is 40.7 Å². The summed E-state index contributed by atoms with van der Waals surface area (Å²) in [4.78, 5) is 14.7. The van der Waals surface area contributed by atoms with Crippen LogP contribution in [-0.2, 0) is 0 Å². The third kappa shape index (κ3) is 2.18. The van der Waals surface area contributed by atoms with E-state index in [9.17, 15) is 10.1 Å². The quantitative estimate of drug-likeness (QED) is 0.662. The van der Waals surface area contributed by atoms with E-state index >= 15 is 0 Å². The van der Waals surface area contributed by atoms with Gasteiger partial charge < -0.3 is 10.6 Å². The molecular formula is C14H16N4O2. The molecule has 1 aromatic carbocycles. The summed E-state index contributed by atoms with van der Waals surface area (Å²) in [6, 6.07) is 5.14. The van der Waals surface area contributed by atoms with Crippen LogP contribution in [0.3, 0.4) is 0 Å². The molecule has 1 aliphatic heterocycles. The molecule has 0 bridgehead atoms. The predicted molar refractivity (Wildman–Crippen MR) is 77.9 cm³/mol. The van der Waals surface area contributed by atoms with Crippen LogP contribution in [0.15, 0.2) is 30.6 Å². The van der Waals surface area contributed by atoms with Gasteiger partial charge in [0.25, 0.3) is 5.69 Å². The lowest BCUT2D eigenvalue weighted by Gasteiger charge is -2.26. The van der Waals surface area contributed by atoms with Gasteiger partial charge >= 0.3 is 0 Å². The smallest absolute Gasteiger partial charge is 0.278 e. The number of hydrogen-bond acceptors (Lipinski definition) is 5. The molecule has 2 aromatic rings. The Balaban J connectivity index is 2.08. The summed E-state index contributed by atoms with van der Waals surface area (Å²) in [6.07, 6.45) is 4.23. The summed E-state index contributed by atoms with van der Waals surface area (Å²) < 4.78 is 0. The number of hydrogen-bond donors (Lipinski definition) is 2. The molecule has 0 saturated carbocycles. The molecule has 20 heavy (non-hydrogen) atoms. The van der Waals surface area contributed by atoms with Crippen LogP contribution in [0.1, 0.15) is 13.3 Å². The topological polar surface area (TPSA) is 80.1 Å². The Hall–Kier alpha value is -2.21. The van der Waals surface area contributed by atoms with E-state index in [0.29, 0.717) is 5.39 Å². The third-order valence-corrected chi connectivity index (χ3v) is 3.80. The van der Waals surface area contributed by atoms with Gasteiger partial charge in [-0.25, -0.2) is 0 Å². The number of non-ortho nitro benzene ring substituents is 1. The molecular weight excluding hydrogens is 256 g/mol. The average molecular weight is 272 g/mol. The van der Waals surface area contributed by atoms with Gasteiger partial charge in [-0.05, 0) is 32.0 Å². The summed E-state index contributed by atoms with van der Waals surface area (Å²) in [6.45, 7) is 4.02. The molecule has 0 spiro atoms. The van der Waals surface area contributed by atoms with Crippen LogP contribution in [0.2, 0.25) is 0 Å². The monoisotopic (exact) mass is 272 g/mol. The van der Waals surface area contributed by atoms with Crippen LogP contribution >= 0.6 is 0 Å². The summed E-state index contributed by atoms with van der Waals surface area (Å²) in [5.74, 6) is 0. The van der Waals surface area contributed by atoms with Gasteiger partial charge in [-0.15, -0.1) is 0 Å². The molecule has 1 fully saturated rings. The van der Waals surface area contributed by atoms with E-state index in [1.807, 2.05) is 6.07 Å². The first-order valence-corrected chi connectivity index (χ1v) is 6.59. The molecule has 104 valence electrons. The van der Waals surface area contributed by atoms with E-state index in [4.69, 9.17) is 0 Å². The number of nitro groups is 1. The summed E-state index contributed by atoms with van der Waals surface area (Å²) >= 11 is 0. The van der Waals surface area contributed by atoms with Gasteiger partial charge in [0.05, 0.1) is 10.3 Å². The zero-order chi connectivity index (χ0) is 14.2. The third-order valence-electron chi connectivity index (χ3n) is 3.80. The lowest BCUT2D eigenvalue weighted by atomic mass is 10.00. The van der Waals surface area contributed by atoms with Crippen molar-refractivity contribution in [2.24, 2.45) is 0 Å². The molecule has 1 aromatic heterocycles. The number of nitrogens with zero attached hydrogens (tertiary/aromatic N) is 2. The highest BCUT2D eigenvalue weighted by atomic mass is 16.6. The van der Waals surface area contributed by atoms with Crippen molar-refractivity contribution in [2.75, 3.05) is 18.4 Å². The number of fused-ring (bicyclic) bond motifs is 1. The summed E-state index contributed by atoms with van der Waals surface area (Å²) in [7, 11) is 0. The molecule has 6 nitrogen and oxygen atoms in total. The second-order valence-corrected chi connectivity index (χ2v) is 5.42. The van der Waals surface area contributed by atoms with Crippen LogP contribution in [0.4, 0.5) is 11.4 Å². The lowest BCUT2D eigenvalue weighted by Crippen LogP contribution is -2.36. The second-order valence-electron chi connectivity index (χ2n) is 5.42. The van der Waals surface area contributed by atoms with E-state index in [-0.39, 0.29) is 16.1 Å². The van der Waals surface area contributed by atoms with Crippen molar-refractivity contribution >= 4 is 22.1 Å². The number of benzene rings is 1. The number of anilines is 1. The van der Waals surface area contributed by atoms with Crippen molar-refractivity contribution < 1.29 is 4.92 Å². The van der Waals surface area contributed by atoms with Crippen LogP contribution in [0.25, 0.3) is 10.8 Å². The maximum Gasteiger partial charge on any atom is 0.278 e. The molecule has 2 heterocycles. The first kappa shape index (κ1) is 12.8. The first-order valence-electron chi connectivity index (χ1n) is 6.59. The average Bonchev–Trinajstić information content (AvgIpc) is 2.85. The Kier molecular flexibility index (Phi) is 3.02. The summed E-state index contributed by atoms with van der Waals surface area (Å²) in [5, 5.41) is 19.3. The molecule has 0 aliphatic carbocycles. The van der Waals surface area contributed by atoms with Crippen LogP contribution in [0, 0.1) is 10.1 Å². The van der Waals surface area contributed by atoms with Gasteiger partial charge in [0.2, 0.25) is 0 Å². The molecule has 1 saturated heterocycles. The minimum atomic E-state index is -0.368. The highest BCUT2D eigenvalue weighted by Gasteiger charge is 2.29. The van der Waals surface area contributed by atoms with Crippen LogP contribution in [0.5, 0.6) is 0 Å². The van der Waals surface area contributed by atoms with Crippen molar-refractivity contribution in [3.8, 4) is 0 Å². The molecule has 0 radical (unpaired) electrons. The highest BCUT2D eigenvalue weighted by molar-refractivity contribution is 5.99. The van der Waals surface area contributed by atoms with Gasteiger partial charge in [-0.2, -0.15) is 0 Å². The fraction of sp³-hybridized carbons (Fsp3) is 0.357. The van der Waals surface area contributed by atoms with E-state index in [2.05, 4.69) is 22.5 Å². The van der Waals surface area contributed by atoms with Crippen LogP contribution < -0.4 is 10.6 Å². The lowest BCUT2D eigenvalue weighted by molar-refractivity contribution is -0.383. The molecule has 2 N–H and O–H groups in total. The van der Waals surface area contributed by atoms with Gasteiger partial charge in [0, 0.05) is 41.6 Å². The van der Waals surface area contributed by atoms with Gasteiger partial charge in [-0.1, -0.05) is 0 Å².